The van der Waals surface area contributed by atoms with Crippen molar-refractivity contribution in [2.24, 2.45) is 5.92 Å². The molecule has 0 N–H and O–H groups in total. The molecule has 58 valence electrons. The predicted molar refractivity (Wildman–Crippen MR) is 39.4 cm³/mol. The van der Waals surface area contributed by atoms with E-state index in [2.05, 4.69) is 6.92 Å². The van der Waals surface area contributed by atoms with Gasteiger partial charge in [0, 0.05) is 27.6 Å². The molecule has 0 fully saturated rings. The number of Topliss-reactive ketones (excluding diaryl/α,β-unsaturated/α-hetero) is 1. The fourth-order valence-electron chi connectivity index (χ4n) is 0.714. The van der Waals surface area contributed by atoms with Gasteiger partial charge in [0.25, 0.3) is 0 Å². The first-order valence-electron chi connectivity index (χ1n) is 3.69. The molecule has 0 aromatic heterocycles. The molecular weight excluding hydrogens is 160 g/mol. The molecule has 0 aromatic carbocycles. The first-order chi connectivity index (χ1) is 4.18. The zero-order chi connectivity index (χ0) is 7.28. The molecule has 0 spiro atoms. The summed E-state index contributed by atoms with van der Waals surface area (Å²) in [6.45, 7) is 5.81. The second-order valence-electron chi connectivity index (χ2n) is 2.65. The molecule has 0 heterocycles. The zero-order valence-electron chi connectivity index (χ0n) is 7.11. The molecule has 0 aromatic rings. The summed E-state index contributed by atoms with van der Waals surface area (Å²) in [6.07, 6.45) is 3.43. The van der Waals surface area contributed by atoms with E-state index in [1.165, 1.54) is 12.8 Å². The van der Waals surface area contributed by atoms with Gasteiger partial charge in [-0.3, -0.25) is 4.79 Å². The predicted octanol–water partition coefficient (Wildman–Crippen LogP) is 2.40. The minimum atomic E-state index is 0. The molecule has 0 bridgehead atoms. The number of carbonyl (C=O) groups excluding carboxylic acids is 1. The average molecular weight is 176 g/mol. The third-order valence-electron chi connectivity index (χ3n) is 1.68. The summed E-state index contributed by atoms with van der Waals surface area (Å²) in [4.78, 5) is 10.6. The Morgan fingerprint density at radius 1 is 1.50 bits per heavy atom. The van der Waals surface area contributed by atoms with Crippen LogP contribution in [0.25, 0.3) is 0 Å². The maximum absolute atomic E-state index is 10.6. The largest absolute Gasteiger partial charge is 0.300 e. The van der Waals surface area contributed by atoms with Crippen molar-refractivity contribution in [3.05, 3.63) is 0 Å². The van der Waals surface area contributed by atoms with Crippen LogP contribution in [0.2, 0.25) is 0 Å². The molecule has 0 aliphatic rings. The fourth-order valence-corrected chi connectivity index (χ4v) is 0.714. The SMILES string of the molecule is CCCCC(C)C(C)=O.[Ti]. The van der Waals surface area contributed by atoms with E-state index in [1.807, 2.05) is 6.92 Å². The maximum Gasteiger partial charge on any atom is 0.132 e. The van der Waals surface area contributed by atoms with Crippen molar-refractivity contribution < 1.29 is 26.5 Å². The van der Waals surface area contributed by atoms with Crippen molar-refractivity contribution in [2.45, 2.75) is 40.0 Å². The van der Waals surface area contributed by atoms with Gasteiger partial charge < -0.3 is 0 Å². The third-order valence-corrected chi connectivity index (χ3v) is 1.68. The van der Waals surface area contributed by atoms with E-state index in [0.29, 0.717) is 5.78 Å². The molecule has 1 atom stereocenters. The summed E-state index contributed by atoms with van der Waals surface area (Å²) >= 11 is 0. The van der Waals surface area contributed by atoms with E-state index in [4.69, 9.17) is 0 Å². The Morgan fingerprint density at radius 2 is 2.00 bits per heavy atom. The minimum absolute atomic E-state index is 0. The molecule has 10 heavy (non-hydrogen) atoms. The summed E-state index contributed by atoms with van der Waals surface area (Å²) in [7, 11) is 0. The van der Waals surface area contributed by atoms with Gasteiger partial charge in [-0.1, -0.05) is 26.7 Å². The van der Waals surface area contributed by atoms with Crippen molar-refractivity contribution >= 4 is 5.78 Å². The second kappa shape index (κ2) is 7.49. The number of unbranched alkanes of at least 4 members (excludes halogenated alkanes) is 1. The van der Waals surface area contributed by atoms with Crippen LogP contribution < -0.4 is 0 Å². The van der Waals surface area contributed by atoms with Crippen molar-refractivity contribution in [3.63, 3.8) is 0 Å². The van der Waals surface area contributed by atoms with E-state index in [-0.39, 0.29) is 27.6 Å². The van der Waals surface area contributed by atoms with Gasteiger partial charge in [-0.05, 0) is 13.3 Å². The Morgan fingerprint density at radius 3 is 2.30 bits per heavy atom. The molecule has 1 unspecified atom stereocenters. The molecule has 0 saturated heterocycles. The van der Waals surface area contributed by atoms with Crippen molar-refractivity contribution in [1.29, 1.82) is 0 Å². The van der Waals surface area contributed by atoms with Gasteiger partial charge in [-0.2, -0.15) is 0 Å². The Labute approximate surface area is 78.5 Å². The molecule has 0 amide bonds. The number of hydrogen-bond donors (Lipinski definition) is 0. The fraction of sp³-hybridized carbons (Fsp3) is 0.875. The Bertz CT molecular complexity index is 91.3. The van der Waals surface area contributed by atoms with Crippen LogP contribution in [0.5, 0.6) is 0 Å². The van der Waals surface area contributed by atoms with E-state index in [9.17, 15) is 4.79 Å². The van der Waals surface area contributed by atoms with Crippen LogP contribution in [0, 0.1) is 5.92 Å². The summed E-state index contributed by atoms with van der Waals surface area (Å²) in [5.41, 5.74) is 0. The summed E-state index contributed by atoms with van der Waals surface area (Å²) in [5.74, 6) is 0.605. The number of ketones is 1. The molecule has 2 heteroatoms. The van der Waals surface area contributed by atoms with Crippen molar-refractivity contribution in [1.82, 2.24) is 0 Å². The van der Waals surface area contributed by atoms with Gasteiger partial charge in [-0.25, -0.2) is 0 Å². The van der Waals surface area contributed by atoms with Crippen LogP contribution in [-0.2, 0) is 26.5 Å². The van der Waals surface area contributed by atoms with Gasteiger partial charge in [0.15, 0.2) is 0 Å². The monoisotopic (exact) mass is 176 g/mol. The molecule has 1 nitrogen and oxygen atoms in total. The topological polar surface area (TPSA) is 17.1 Å². The number of rotatable bonds is 4. The maximum atomic E-state index is 10.6. The minimum Gasteiger partial charge on any atom is -0.300 e. The smallest absolute Gasteiger partial charge is 0.132 e. The van der Waals surface area contributed by atoms with Gasteiger partial charge in [0.05, 0.1) is 0 Å². The summed E-state index contributed by atoms with van der Waals surface area (Å²) < 4.78 is 0. The van der Waals surface area contributed by atoms with Crippen LogP contribution >= 0.6 is 0 Å². The van der Waals surface area contributed by atoms with Crippen molar-refractivity contribution in [2.75, 3.05) is 0 Å². The van der Waals surface area contributed by atoms with Gasteiger partial charge in [0.2, 0.25) is 0 Å². The standard InChI is InChI=1S/C8H16O.Ti/c1-4-5-6-7(2)8(3)9;/h7H,4-6H2,1-3H3;. The van der Waals surface area contributed by atoms with E-state index in [0.717, 1.165) is 6.42 Å². The van der Waals surface area contributed by atoms with E-state index in [1.54, 1.807) is 6.92 Å². The van der Waals surface area contributed by atoms with Crippen LogP contribution in [0.4, 0.5) is 0 Å². The first kappa shape index (κ1) is 13.0. The van der Waals surface area contributed by atoms with E-state index < -0.39 is 0 Å². The molecule has 0 rings (SSSR count). The molecule has 0 aliphatic heterocycles. The molecule has 0 aliphatic carbocycles. The van der Waals surface area contributed by atoms with E-state index >= 15 is 0 Å². The van der Waals surface area contributed by atoms with Crippen LogP contribution in [0.1, 0.15) is 40.0 Å². The van der Waals surface area contributed by atoms with Crippen LogP contribution in [-0.4, -0.2) is 5.78 Å². The third kappa shape index (κ3) is 6.50. The molecular formula is C8H16OTi. The van der Waals surface area contributed by atoms with Crippen molar-refractivity contribution in [3.8, 4) is 0 Å². The average Bonchev–Trinajstić information content (AvgIpc) is 1.82. The Balaban J connectivity index is 0. The second-order valence-corrected chi connectivity index (χ2v) is 2.65. The van der Waals surface area contributed by atoms with Gasteiger partial charge in [-0.15, -0.1) is 0 Å². The van der Waals surface area contributed by atoms with Gasteiger partial charge >= 0.3 is 0 Å². The van der Waals surface area contributed by atoms with Crippen LogP contribution in [0.3, 0.4) is 0 Å². The van der Waals surface area contributed by atoms with Crippen LogP contribution in [0.15, 0.2) is 0 Å². The normalized spacial score (nSPS) is 11.9. The zero-order valence-corrected chi connectivity index (χ0v) is 8.67. The van der Waals surface area contributed by atoms with Gasteiger partial charge in [0.1, 0.15) is 5.78 Å². The number of carbonyl (C=O) groups is 1. The molecule has 0 radical (unpaired) electrons. The Kier molecular flexibility index (Phi) is 9.74. The number of hydrogen-bond acceptors (Lipinski definition) is 1. The summed E-state index contributed by atoms with van der Waals surface area (Å²) in [6, 6.07) is 0. The Hall–Kier alpha value is 0.384. The summed E-state index contributed by atoms with van der Waals surface area (Å²) in [5, 5.41) is 0. The first-order valence-corrected chi connectivity index (χ1v) is 3.69. The molecule has 0 saturated carbocycles. The quantitative estimate of drug-likeness (QED) is 0.601.